The summed E-state index contributed by atoms with van der Waals surface area (Å²) in [4.78, 5) is 11.0. The number of anilines is 2. The number of carbonyl (C=O) groups is 1. The summed E-state index contributed by atoms with van der Waals surface area (Å²) in [5, 5.41) is 6.39. The summed E-state index contributed by atoms with van der Waals surface area (Å²) in [5.41, 5.74) is 3.05. The van der Waals surface area contributed by atoms with Gasteiger partial charge >= 0.3 is 0 Å². The Morgan fingerprint density at radius 1 is 1.24 bits per heavy atom. The largest absolute Gasteiger partial charge is 0.381 e. The summed E-state index contributed by atoms with van der Waals surface area (Å²) >= 11 is 5.86. The van der Waals surface area contributed by atoms with Gasteiger partial charge in [-0.05, 0) is 48.9 Å². The van der Waals surface area contributed by atoms with Crippen LogP contribution in [0.2, 0.25) is 5.02 Å². The second-order valence-electron chi connectivity index (χ2n) is 4.80. The minimum Gasteiger partial charge on any atom is -0.381 e. The normalized spacial score (nSPS) is 10.3. The fourth-order valence-corrected chi connectivity index (χ4v) is 2.17. The smallest absolute Gasteiger partial charge is 0.221 e. The molecule has 0 atom stereocenters. The van der Waals surface area contributed by atoms with Crippen LogP contribution < -0.4 is 10.6 Å². The van der Waals surface area contributed by atoms with Crippen molar-refractivity contribution in [2.75, 3.05) is 10.6 Å². The number of carbonyl (C=O) groups excluding carboxylic acids is 1. The molecule has 0 aliphatic carbocycles. The van der Waals surface area contributed by atoms with Gasteiger partial charge < -0.3 is 10.6 Å². The fraction of sp³-hybridized carbons (Fsp3) is 0.188. The second kappa shape index (κ2) is 6.59. The molecule has 2 aromatic carbocycles. The number of aryl methyl sites for hydroxylation is 1. The lowest BCUT2D eigenvalue weighted by Gasteiger charge is -2.11. The molecule has 0 aliphatic heterocycles. The first-order valence-electron chi connectivity index (χ1n) is 6.52. The molecule has 0 fully saturated rings. The highest BCUT2D eigenvalue weighted by Crippen LogP contribution is 2.21. The summed E-state index contributed by atoms with van der Waals surface area (Å²) < 4.78 is 13.6. The van der Waals surface area contributed by atoms with Crippen molar-refractivity contribution in [1.29, 1.82) is 0 Å². The van der Waals surface area contributed by atoms with Crippen molar-refractivity contribution in [1.82, 2.24) is 0 Å². The van der Waals surface area contributed by atoms with E-state index in [4.69, 9.17) is 11.6 Å². The van der Waals surface area contributed by atoms with Gasteiger partial charge in [0, 0.05) is 35.4 Å². The number of hydrogen-bond donors (Lipinski definition) is 2. The van der Waals surface area contributed by atoms with Crippen LogP contribution in [0.25, 0.3) is 0 Å². The van der Waals surface area contributed by atoms with Gasteiger partial charge in [-0.2, -0.15) is 0 Å². The number of hydrogen-bond acceptors (Lipinski definition) is 2. The number of rotatable bonds is 4. The van der Waals surface area contributed by atoms with Crippen LogP contribution in [-0.4, -0.2) is 5.91 Å². The molecule has 2 N–H and O–H groups in total. The van der Waals surface area contributed by atoms with Crippen LogP contribution in [0.15, 0.2) is 36.4 Å². The van der Waals surface area contributed by atoms with Crippen LogP contribution in [0.1, 0.15) is 18.1 Å². The molecular formula is C16H16ClFN2O. The van der Waals surface area contributed by atoms with Crippen molar-refractivity contribution in [2.45, 2.75) is 20.4 Å². The van der Waals surface area contributed by atoms with Crippen molar-refractivity contribution in [2.24, 2.45) is 0 Å². The van der Waals surface area contributed by atoms with E-state index >= 15 is 0 Å². The molecule has 0 saturated carbocycles. The Bertz CT molecular complexity index is 673. The molecule has 3 nitrogen and oxygen atoms in total. The van der Waals surface area contributed by atoms with E-state index in [9.17, 15) is 9.18 Å². The van der Waals surface area contributed by atoms with Crippen LogP contribution in [-0.2, 0) is 11.3 Å². The standard InChI is InChI=1S/C16H16ClFN2O/c1-10-7-14(4-6-16(10)20-11(2)21)19-9-12-8-13(17)3-5-15(12)18/h3-8,19H,9H2,1-2H3,(H,20,21). The molecule has 0 unspecified atom stereocenters. The maximum absolute atomic E-state index is 13.6. The molecule has 0 saturated heterocycles. The van der Waals surface area contributed by atoms with E-state index in [2.05, 4.69) is 10.6 Å². The second-order valence-corrected chi connectivity index (χ2v) is 5.24. The molecule has 1 amide bonds. The van der Waals surface area contributed by atoms with Gasteiger partial charge in [0.2, 0.25) is 5.91 Å². The molecule has 5 heteroatoms. The summed E-state index contributed by atoms with van der Waals surface area (Å²) in [6, 6.07) is 10.0. The monoisotopic (exact) mass is 306 g/mol. The average molecular weight is 307 g/mol. The molecule has 0 aliphatic rings. The molecule has 2 aromatic rings. The van der Waals surface area contributed by atoms with Gasteiger partial charge in [-0.25, -0.2) is 4.39 Å². The Balaban J connectivity index is 2.08. The molecule has 0 spiro atoms. The Labute approximate surface area is 128 Å². The average Bonchev–Trinajstić information content (AvgIpc) is 2.42. The summed E-state index contributed by atoms with van der Waals surface area (Å²) in [6.07, 6.45) is 0. The summed E-state index contributed by atoms with van der Waals surface area (Å²) in [7, 11) is 0. The lowest BCUT2D eigenvalue weighted by Crippen LogP contribution is -2.07. The van der Waals surface area contributed by atoms with E-state index in [1.54, 1.807) is 6.07 Å². The Morgan fingerprint density at radius 2 is 2.00 bits per heavy atom. The highest BCUT2D eigenvalue weighted by molar-refractivity contribution is 6.30. The Kier molecular flexibility index (Phi) is 4.81. The van der Waals surface area contributed by atoms with Crippen molar-refractivity contribution in [3.8, 4) is 0 Å². The van der Waals surface area contributed by atoms with Gasteiger partial charge in [0.1, 0.15) is 5.82 Å². The first-order chi connectivity index (χ1) is 9.95. The van der Waals surface area contributed by atoms with Gasteiger partial charge in [-0.3, -0.25) is 4.79 Å². The van der Waals surface area contributed by atoms with Gasteiger partial charge in [-0.15, -0.1) is 0 Å². The summed E-state index contributed by atoms with van der Waals surface area (Å²) in [6.45, 7) is 3.70. The maximum atomic E-state index is 13.6. The lowest BCUT2D eigenvalue weighted by atomic mass is 10.1. The maximum Gasteiger partial charge on any atom is 0.221 e. The minimum absolute atomic E-state index is 0.111. The van der Waals surface area contributed by atoms with Crippen LogP contribution in [0.5, 0.6) is 0 Å². The van der Waals surface area contributed by atoms with Gasteiger partial charge in [0.25, 0.3) is 0 Å². The zero-order valence-corrected chi connectivity index (χ0v) is 12.6. The highest BCUT2D eigenvalue weighted by Gasteiger charge is 2.05. The third-order valence-corrected chi connectivity index (χ3v) is 3.26. The first-order valence-corrected chi connectivity index (χ1v) is 6.89. The summed E-state index contributed by atoms with van der Waals surface area (Å²) in [5.74, 6) is -0.404. The van der Waals surface area contributed by atoms with Crippen molar-refractivity contribution >= 4 is 28.9 Å². The molecule has 0 radical (unpaired) electrons. The molecular weight excluding hydrogens is 291 g/mol. The third-order valence-electron chi connectivity index (χ3n) is 3.03. The van der Waals surface area contributed by atoms with E-state index in [1.165, 1.54) is 19.1 Å². The highest BCUT2D eigenvalue weighted by atomic mass is 35.5. The molecule has 21 heavy (non-hydrogen) atoms. The van der Waals surface area contributed by atoms with E-state index < -0.39 is 0 Å². The quantitative estimate of drug-likeness (QED) is 0.881. The molecule has 0 heterocycles. The van der Waals surface area contributed by atoms with Crippen LogP contribution in [0, 0.1) is 12.7 Å². The number of amides is 1. The minimum atomic E-state index is -0.293. The topological polar surface area (TPSA) is 41.1 Å². The Morgan fingerprint density at radius 3 is 2.67 bits per heavy atom. The van der Waals surface area contributed by atoms with Crippen LogP contribution in [0.4, 0.5) is 15.8 Å². The van der Waals surface area contributed by atoms with Crippen LogP contribution >= 0.6 is 11.6 Å². The SMILES string of the molecule is CC(=O)Nc1ccc(NCc2cc(Cl)ccc2F)cc1C. The molecule has 0 bridgehead atoms. The zero-order chi connectivity index (χ0) is 15.4. The fourth-order valence-electron chi connectivity index (χ4n) is 1.98. The molecule has 2 rings (SSSR count). The van der Waals surface area contributed by atoms with E-state index in [0.717, 1.165) is 16.9 Å². The number of benzene rings is 2. The van der Waals surface area contributed by atoms with Crippen molar-refractivity contribution in [3.63, 3.8) is 0 Å². The Hall–Kier alpha value is -2.07. The zero-order valence-electron chi connectivity index (χ0n) is 11.8. The van der Waals surface area contributed by atoms with Gasteiger partial charge in [-0.1, -0.05) is 11.6 Å². The third kappa shape index (κ3) is 4.20. The van der Waals surface area contributed by atoms with E-state index in [0.29, 0.717) is 17.1 Å². The van der Waals surface area contributed by atoms with Gasteiger partial charge in [0.05, 0.1) is 0 Å². The lowest BCUT2D eigenvalue weighted by molar-refractivity contribution is -0.114. The van der Waals surface area contributed by atoms with E-state index in [1.807, 2.05) is 25.1 Å². The number of nitrogens with one attached hydrogen (secondary N) is 2. The molecule has 110 valence electrons. The van der Waals surface area contributed by atoms with Crippen molar-refractivity contribution in [3.05, 3.63) is 58.4 Å². The first kappa shape index (κ1) is 15.3. The van der Waals surface area contributed by atoms with Crippen LogP contribution in [0.3, 0.4) is 0 Å². The van der Waals surface area contributed by atoms with Crippen molar-refractivity contribution < 1.29 is 9.18 Å². The van der Waals surface area contributed by atoms with E-state index in [-0.39, 0.29) is 11.7 Å². The predicted molar refractivity (Wildman–Crippen MR) is 84.2 cm³/mol. The predicted octanol–water partition coefficient (Wildman–Crippen LogP) is 4.36. The van der Waals surface area contributed by atoms with Gasteiger partial charge in [0.15, 0.2) is 0 Å². The molecule has 0 aromatic heterocycles. The number of halogens is 2.